The summed E-state index contributed by atoms with van der Waals surface area (Å²) < 4.78 is 0. The van der Waals surface area contributed by atoms with Crippen LogP contribution in [0.5, 0.6) is 0 Å². The van der Waals surface area contributed by atoms with Gasteiger partial charge in [-0.2, -0.15) is 0 Å². The summed E-state index contributed by atoms with van der Waals surface area (Å²) in [4.78, 5) is 23.0. The average Bonchev–Trinajstić information content (AvgIpc) is 2.63. The topological polar surface area (TPSA) is 58.1 Å². The third kappa shape index (κ3) is 3.72. The minimum absolute atomic E-state index is 0.0313. The highest BCUT2D eigenvalue weighted by molar-refractivity contribution is 5.93. The van der Waals surface area contributed by atoms with Crippen LogP contribution in [0.1, 0.15) is 54.9 Å². The zero-order chi connectivity index (χ0) is 16.9. The van der Waals surface area contributed by atoms with Crippen LogP contribution in [-0.2, 0) is 0 Å². The maximum Gasteiger partial charge on any atom is 0.256 e. The number of hydrogen-bond acceptors (Lipinski definition) is 4. The van der Waals surface area contributed by atoms with Crippen LogP contribution < -0.4 is 5.32 Å². The molecule has 0 atom stereocenters. The number of likely N-dealkylation sites (tertiary alicyclic amines) is 1. The molecule has 1 aromatic carbocycles. The molecule has 2 heterocycles. The highest BCUT2D eigenvalue weighted by Gasteiger charge is 2.18. The van der Waals surface area contributed by atoms with E-state index in [0.29, 0.717) is 17.4 Å². The quantitative estimate of drug-likeness (QED) is 0.924. The van der Waals surface area contributed by atoms with Crippen LogP contribution in [0.3, 0.4) is 0 Å². The number of piperidine rings is 1. The van der Waals surface area contributed by atoms with Gasteiger partial charge in [-0.1, -0.05) is 32.0 Å². The average molecular weight is 324 g/mol. The van der Waals surface area contributed by atoms with Crippen molar-refractivity contribution in [1.82, 2.24) is 14.9 Å². The second-order valence-electron chi connectivity index (χ2n) is 6.52. The third-order valence-electron chi connectivity index (χ3n) is 4.37. The maximum absolute atomic E-state index is 12.4. The van der Waals surface area contributed by atoms with E-state index in [1.807, 2.05) is 23.1 Å². The van der Waals surface area contributed by atoms with E-state index in [-0.39, 0.29) is 5.91 Å². The Morgan fingerprint density at radius 1 is 1.08 bits per heavy atom. The van der Waals surface area contributed by atoms with Gasteiger partial charge in [0.15, 0.2) is 0 Å². The van der Waals surface area contributed by atoms with Crippen molar-refractivity contribution in [3.63, 3.8) is 0 Å². The lowest BCUT2D eigenvalue weighted by Gasteiger charge is -2.26. The first kappa shape index (κ1) is 16.4. The maximum atomic E-state index is 12.4. The van der Waals surface area contributed by atoms with Crippen LogP contribution in [0.15, 0.2) is 36.7 Å². The van der Waals surface area contributed by atoms with E-state index in [4.69, 9.17) is 0 Å². The van der Waals surface area contributed by atoms with Gasteiger partial charge < -0.3 is 10.2 Å². The summed E-state index contributed by atoms with van der Waals surface area (Å²) in [6.07, 6.45) is 6.60. The zero-order valence-electron chi connectivity index (χ0n) is 14.3. The predicted octanol–water partition coefficient (Wildman–Crippen LogP) is 3.97. The SMILES string of the molecule is CC(C)c1ccccc1Nc1ncc(C(=O)N2CCCCC2)cn1. The van der Waals surface area contributed by atoms with Crippen molar-refractivity contribution >= 4 is 17.5 Å². The van der Waals surface area contributed by atoms with E-state index >= 15 is 0 Å². The molecule has 0 unspecified atom stereocenters. The molecule has 2 aromatic rings. The van der Waals surface area contributed by atoms with Crippen LogP contribution in [0.4, 0.5) is 11.6 Å². The molecule has 5 heteroatoms. The number of para-hydroxylation sites is 1. The molecule has 3 rings (SSSR count). The normalized spacial score (nSPS) is 14.7. The molecule has 0 radical (unpaired) electrons. The van der Waals surface area contributed by atoms with Crippen molar-refractivity contribution in [2.24, 2.45) is 0 Å². The Hall–Kier alpha value is -2.43. The highest BCUT2D eigenvalue weighted by Crippen LogP contribution is 2.25. The molecule has 1 fully saturated rings. The number of nitrogens with one attached hydrogen (secondary N) is 1. The van der Waals surface area contributed by atoms with Crippen molar-refractivity contribution in [3.05, 3.63) is 47.8 Å². The lowest BCUT2D eigenvalue weighted by atomic mass is 10.0. The highest BCUT2D eigenvalue weighted by atomic mass is 16.2. The number of amides is 1. The van der Waals surface area contributed by atoms with Gasteiger partial charge in [-0.15, -0.1) is 0 Å². The molecule has 126 valence electrons. The number of nitrogens with zero attached hydrogens (tertiary/aromatic N) is 3. The summed E-state index contributed by atoms with van der Waals surface area (Å²) in [6, 6.07) is 8.14. The number of anilines is 2. The minimum Gasteiger partial charge on any atom is -0.339 e. The van der Waals surface area contributed by atoms with Crippen molar-refractivity contribution < 1.29 is 4.79 Å². The second-order valence-corrected chi connectivity index (χ2v) is 6.52. The second kappa shape index (κ2) is 7.43. The molecule has 1 aromatic heterocycles. The van der Waals surface area contributed by atoms with E-state index in [0.717, 1.165) is 31.6 Å². The van der Waals surface area contributed by atoms with Gasteiger partial charge in [0, 0.05) is 31.2 Å². The molecule has 1 amide bonds. The Balaban J connectivity index is 1.72. The predicted molar refractivity (Wildman–Crippen MR) is 95.6 cm³/mol. The van der Waals surface area contributed by atoms with Crippen molar-refractivity contribution in [3.8, 4) is 0 Å². The van der Waals surface area contributed by atoms with E-state index in [2.05, 4.69) is 35.2 Å². The summed E-state index contributed by atoms with van der Waals surface area (Å²) in [7, 11) is 0. The first-order valence-corrected chi connectivity index (χ1v) is 8.62. The van der Waals surface area contributed by atoms with Gasteiger partial charge in [0.05, 0.1) is 5.56 Å². The Morgan fingerprint density at radius 3 is 2.42 bits per heavy atom. The monoisotopic (exact) mass is 324 g/mol. The van der Waals surface area contributed by atoms with Crippen molar-refractivity contribution in [2.45, 2.75) is 39.0 Å². The first-order valence-electron chi connectivity index (χ1n) is 8.62. The van der Waals surface area contributed by atoms with E-state index < -0.39 is 0 Å². The molecule has 1 aliphatic rings. The summed E-state index contributed by atoms with van der Waals surface area (Å²) in [5.74, 6) is 0.954. The number of aromatic nitrogens is 2. The number of rotatable bonds is 4. The van der Waals surface area contributed by atoms with E-state index in [1.165, 1.54) is 12.0 Å². The summed E-state index contributed by atoms with van der Waals surface area (Å²) >= 11 is 0. The number of carbonyl (C=O) groups excluding carboxylic acids is 1. The number of hydrogen-bond donors (Lipinski definition) is 1. The van der Waals surface area contributed by atoms with Gasteiger partial charge >= 0.3 is 0 Å². The van der Waals surface area contributed by atoms with E-state index in [1.54, 1.807) is 12.4 Å². The lowest BCUT2D eigenvalue weighted by molar-refractivity contribution is 0.0723. The number of benzene rings is 1. The summed E-state index contributed by atoms with van der Waals surface area (Å²) in [5, 5.41) is 3.25. The van der Waals surface area contributed by atoms with Crippen LogP contribution >= 0.6 is 0 Å². The number of carbonyl (C=O) groups is 1. The van der Waals surface area contributed by atoms with Gasteiger partial charge in [-0.05, 0) is 36.8 Å². The van der Waals surface area contributed by atoms with Crippen LogP contribution in [0, 0.1) is 0 Å². The van der Waals surface area contributed by atoms with Gasteiger partial charge in [0.1, 0.15) is 0 Å². The van der Waals surface area contributed by atoms with Gasteiger partial charge in [0.2, 0.25) is 5.95 Å². The summed E-state index contributed by atoms with van der Waals surface area (Å²) in [6.45, 7) is 5.98. The Bertz CT molecular complexity index is 691. The molecule has 1 aliphatic heterocycles. The van der Waals surface area contributed by atoms with Crippen molar-refractivity contribution in [2.75, 3.05) is 18.4 Å². The van der Waals surface area contributed by atoms with Gasteiger partial charge in [-0.3, -0.25) is 4.79 Å². The molecule has 1 saturated heterocycles. The molecule has 0 saturated carbocycles. The molecular weight excluding hydrogens is 300 g/mol. The molecule has 0 bridgehead atoms. The van der Waals surface area contributed by atoms with Crippen LogP contribution in [0.25, 0.3) is 0 Å². The summed E-state index contributed by atoms with van der Waals surface area (Å²) in [5.41, 5.74) is 2.77. The lowest BCUT2D eigenvalue weighted by Crippen LogP contribution is -2.35. The standard InChI is InChI=1S/C19H24N4O/c1-14(2)16-8-4-5-9-17(16)22-19-20-12-15(13-21-19)18(24)23-10-6-3-7-11-23/h4-5,8-9,12-14H,3,6-7,10-11H2,1-2H3,(H,20,21,22). The Morgan fingerprint density at radius 2 is 1.75 bits per heavy atom. The van der Waals surface area contributed by atoms with Gasteiger partial charge in [0.25, 0.3) is 5.91 Å². The molecular formula is C19H24N4O. The fraction of sp³-hybridized carbons (Fsp3) is 0.421. The van der Waals surface area contributed by atoms with Crippen LogP contribution in [-0.4, -0.2) is 33.9 Å². The molecule has 24 heavy (non-hydrogen) atoms. The molecule has 1 N–H and O–H groups in total. The van der Waals surface area contributed by atoms with Crippen LogP contribution in [0.2, 0.25) is 0 Å². The smallest absolute Gasteiger partial charge is 0.256 e. The van der Waals surface area contributed by atoms with Gasteiger partial charge in [-0.25, -0.2) is 9.97 Å². The minimum atomic E-state index is 0.0313. The largest absolute Gasteiger partial charge is 0.339 e. The molecule has 5 nitrogen and oxygen atoms in total. The fourth-order valence-corrected chi connectivity index (χ4v) is 3.02. The van der Waals surface area contributed by atoms with E-state index in [9.17, 15) is 4.79 Å². The fourth-order valence-electron chi connectivity index (χ4n) is 3.02. The molecule has 0 aliphatic carbocycles. The Labute approximate surface area is 143 Å². The van der Waals surface area contributed by atoms with Crippen molar-refractivity contribution in [1.29, 1.82) is 0 Å². The third-order valence-corrected chi connectivity index (χ3v) is 4.37. The molecule has 0 spiro atoms. The Kier molecular flexibility index (Phi) is 5.08. The zero-order valence-corrected chi connectivity index (χ0v) is 14.3. The first-order chi connectivity index (χ1) is 11.6.